The first-order chi connectivity index (χ1) is 13.8. The lowest BCUT2D eigenvalue weighted by molar-refractivity contribution is 0.303. The van der Waals surface area contributed by atoms with E-state index in [4.69, 9.17) is 4.74 Å². The van der Waals surface area contributed by atoms with Gasteiger partial charge in [-0.05, 0) is 89.2 Å². The molecule has 2 heteroatoms. The lowest BCUT2D eigenvalue weighted by Crippen LogP contribution is -2.07. The summed E-state index contributed by atoms with van der Waals surface area (Å²) >= 11 is 3.68. The van der Waals surface area contributed by atoms with Crippen LogP contribution < -0.4 is 4.74 Å². The Kier molecular flexibility index (Phi) is 8.92. The lowest BCUT2D eigenvalue weighted by Gasteiger charge is -2.21. The molecular weight excluding hydrogens is 408 g/mol. The smallest absolute Gasteiger partial charge is 0.133 e. The summed E-state index contributed by atoms with van der Waals surface area (Å²) in [5, 5.41) is 0. The van der Waals surface area contributed by atoms with Gasteiger partial charge in [-0.25, -0.2) is 0 Å². The van der Waals surface area contributed by atoms with Crippen molar-refractivity contribution in [1.29, 1.82) is 0 Å². The minimum Gasteiger partial charge on any atom is -0.492 e. The Labute approximate surface area is 180 Å². The van der Waals surface area contributed by atoms with Crippen LogP contribution in [0.25, 0.3) is 11.1 Å². The molecule has 2 aromatic carbocycles. The van der Waals surface area contributed by atoms with Crippen molar-refractivity contribution >= 4 is 15.9 Å². The normalized spacial score (nSPS) is 14.9. The van der Waals surface area contributed by atoms with Gasteiger partial charge in [0.1, 0.15) is 5.75 Å². The summed E-state index contributed by atoms with van der Waals surface area (Å²) in [5.74, 6) is 1.87. The highest BCUT2D eigenvalue weighted by Gasteiger charge is 2.13. The van der Waals surface area contributed by atoms with E-state index in [1.165, 1.54) is 74.5 Å². The first kappa shape index (κ1) is 21.4. The van der Waals surface area contributed by atoms with E-state index in [0.717, 1.165) is 29.2 Å². The van der Waals surface area contributed by atoms with Crippen molar-refractivity contribution in [2.24, 2.45) is 5.92 Å². The van der Waals surface area contributed by atoms with E-state index in [9.17, 15) is 0 Å². The highest BCUT2D eigenvalue weighted by Crippen LogP contribution is 2.32. The van der Waals surface area contributed by atoms with E-state index >= 15 is 0 Å². The van der Waals surface area contributed by atoms with Crippen LogP contribution in [0.2, 0.25) is 0 Å². The third-order valence-corrected chi connectivity index (χ3v) is 6.49. The second-order valence-electron chi connectivity index (χ2n) is 8.10. The van der Waals surface area contributed by atoms with Gasteiger partial charge in [0, 0.05) is 0 Å². The Hall–Kier alpha value is -1.28. The third kappa shape index (κ3) is 6.65. The molecule has 151 valence electrons. The van der Waals surface area contributed by atoms with Crippen LogP contribution in [-0.2, 0) is 6.42 Å². The number of ether oxygens (including phenoxy) is 1. The fraction of sp³-hybridized carbons (Fsp3) is 0.500. The van der Waals surface area contributed by atoms with Gasteiger partial charge in [0.15, 0.2) is 0 Å². The first-order valence-corrected chi connectivity index (χ1v) is 11.9. The summed E-state index contributed by atoms with van der Waals surface area (Å²) in [6.07, 6.45) is 15.3. The Balaban J connectivity index is 1.52. The van der Waals surface area contributed by atoms with Crippen LogP contribution >= 0.6 is 15.9 Å². The molecular formula is C26H34BrO. The third-order valence-electron chi connectivity index (χ3n) is 5.87. The molecule has 0 bridgehead atoms. The van der Waals surface area contributed by atoms with Gasteiger partial charge in [-0.1, -0.05) is 69.4 Å². The number of rotatable bonds is 10. The van der Waals surface area contributed by atoms with E-state index in [-0.39, 0.29) is 0 Å². The molecule has 0 saturated heterocycles. The monoisotopic (exact) mass is 441 g/mol. The van der Waals surface area contributed by atoms with E-state index in [2.05, 4.69) is 71.7 Å². The molecule has 28 heavy (non-hydrogen) atoms. The summed E-state index contributed by atoms with van der Waals surface area (Å²) in [7, 11) is 0. The molecule has 0 N–H and O–H groups in total. The Morgan fingerprint density at radius 2 is 1.68 bits per heavy atom. The fourth-order valence-corrected chi connectivity index (χ4v) is 4.52. The van der Waals surface area contributed by atoms with Gasteiger partial charge in [-0.2, -0.15) is 0 Å². The minimum absolute atomic E-state index is 0.797. The number of unbranched alkanes of at least 4 members (excludes halogenated alkanes) is 3. The lowest BCUT2D eigenvalue weighted by atomic mass is 9.85. The Morgan fingerprint density at radius 3 is 2.39 bits per heavy atom. The van der Waals surface area contributed by atoms with Crippen LogP contribution in [0.4, 0.5) is 0 Å². The highest BCUT2D eigenvalue weighted by molar-refractivity contribution is 9.10. The van der Waals surface area contributed by atoms with E-state index in [1.807, 2.05) is 0 Å². The molecule has 0 atom stereocenters. The van der Waals surface area contributed by atoms with Gasteiger partial charge in [-0.3, -0.25) is 0 Å². The fourth-order valence-electron chi connectivity index (χ4n) is 4.03. The molecule has 0 aliphatic heterocycles. The zero-order valence-corrected chi connectivity index (χ0v) is 18.8. The minimum atomic E-state index is 0.797. The van der Waals surface area contributed by atoms with Crippen molar-refractivity contribution in [3.05, 3.63) is 58.9 Å². The Morgan fingerprint density at radius 1 is 0.929 bits per heavy atom. The molecule has 0 amide bonds. The summed E-state index contributed by atoms with van der Waals surface area (Å²) in [4.78, 5) is 0. The van der Waals surface area contributed by atoms with Crippen molar-refractivity contribution in [3.63, 3.8) is 0 Å². The Bertz CT molecular complexity index is 701. The van der Waals surface area contributed by atoms with E-state index in [0.29, 0.717) is 0 Å². The molecule has 0 unspecified atom stereocenters. The van der Waals surface area contributed by atoms with Crippen molar-refractivity contribution in [1.82, 2.24) is 0 Å². The maximum atomic E-state index is 5.93. The number of hydrogen-bond donors (Lipinski definition) is 0. The first-order valence-electron chi connectivity index (χ1n) is 11.1. The number of hydrogen-bond acceptors (Lipinski definition) is 1. The van der Waals surface area contributed by atoms with E-state index < -0.39 is 0 Å². The summed E-state index contributed by atoms with van der Waals surface area (Å²) in [6, 6.07) is 15.6. The van der Waals surface area contributed by atoms with Gasteiger partial charge >= 0.3 is 0 Å². The predicted molar refractivity (Wildman–Crippen MR) is 124 cm³/mol. The molecule has 0 aromatic heterocycles. The van der Waals surface area contributed by atoms with Crippen molar-refractivity contribution in [2.75, 3.05) is 6.61 Å². The SMILES string of the molecule is CCCCCCOc1ccc(-c2ccc(CCC3CC[CH]CC3)cc2)cc1Br. The number of benzene rings is 2. The number of halogens is 1. The van der Waals surface area contributed by atoms with Crippen molar-refractivity contribution in [2.45, 2.75) is 71.1 Å². The quantitative estimate of drug-likeness (QED) is 0.336. The average molecular weight is 442 g/mol. The molecule has 0 spiro atoms. The van der Waals surface area contributed by atoms with Crippen LogP contribution in [0, 0.1) is 12.3 Å². The van der Waals surface area contributed by atoms with Gasteiger partial charge in [0.2, 0.25) is 0 Å². The van der Waals surface area contributed by atoms with Crippen LogP contribution in [-0.4, -0.2) is 6.61 Å². The molecule has 2 aromatic rings. The molecule has 3 rings (SSSR count). The predicted octanol–water partition coefficient (Wildman–Crippen LogP) is 8.40. The van der Waals surface area contributed by atoms with E-state index in [1.54, 1.807) is 0 Å². The molecule has 1 fully saturated rings. The second-order valence-corrected chi connectivity index (χ2v) is 8.95. The summed E-state index contributed by atoms with van der Waals surface area (Å²) in [5.41, 5.74) is 3.97. The summed E-state index contributed by atoms with van der Waals surface area (Å²) < 4.78 is 6.97. The highest BCUT2D eigenvalue weighted by atomic mass is 79.9. The van der Waals surface area contributed by atoms with Crippen molar-refractivity contribution < 1.29 is 4.74 Å². The standard InChI is InChI=1S/C26H34BrO/c1-2-3-4-8-19-28-26-18-17-24(20-25(26)27)23-15-13-22(14-16-23)12-11-21-9-6-5-7-10-21/h5,13-18,20-21H,2-4,6-12,19H2,1H3. The van der Waals surface area contributed by atoms with Gasteiger partial charge in [-0.15, -0.1) is 0 Å². The zero-order chi connectivity index (χ0) is 19.6. The molecule has 1 radical (unpaired) electrons. The van der Waals surface area contributed by atoms with Crippen LogP contribution in [0.5, 0.6) is 5.75 Å². The second kappa shape index (κ2) is 11.7. The summed E-state index contributed by atoms with van der Waals surface area (Å²) in [6.45, 7) is 3.03. The van der Waals surface area contributed by atoms with Crippen LogP contribution in [0.1, 0.15) is 70.3 Å². The van der Waals surface area contributed by atoms with Gasteiger partial charge < -0.3 is 4.74 Å². The average Bonchev–Trinajstić information content (AvgIpc) is 2.74. The number of aryl methyl sites for hydroxylation is 1. The maximum absolute atomic E-state index is 5.93. The molecule has 1 saturated carbocycles. The molecule has 1 nitrogen and oxygen atoms in total. The topological polar surface area (TPSA) is 9.23 Å². The largest absolute Gasteiger partial charge is 0.492 e. The van der Waals surface area contributed by atoms with Gasteiger partial charge in [0.25, 0.3) is 0 Å². The van der Waals surface area contributed by atoms with Gasteiger partial charge in [0.05, 0.1) is 11.1 Å². The maximum Gasteiger partial charge on any atom is 0.133 e. The molecule has 1 aliphatic rings. The van der Waals surface area contributed by atoms with Crippen molar-refractivity contribution in [3.8, 4) is 16.9 Å². The van der Waals surface area contributed by atoms with Crippen LogP contribution in [0.3, 0.4) is 0 Å². The zero-order valence-electron chi connectivity index (χ0n) is 17.3. The molecule has 1 aliphatic carbocycles. The van der Waals surface area contributed by atoms with Crippen LogP contribution in [0.15, 0.2) is 46.9 Å². The molecule has 0 heterocycles.